The molecule has 0 radical (unpaired) electrons. The normalized spacial score (nSPS) is 14.0. The van der Waals surface area contributed by atoms with Crippen LogP contribution >= 0.6 is 0 Å². The topological polar surface area (TPSA) is 101 Å². The zero-order valence-electron chi connectivity index (χ0n) is 7.19. The van der Waals surface area contributed by atoms with Gasteiger partial charge in [0, 0.05) is 18.9 Å². The Morgan fingerprint density at radius 1 is 1.77 bits per heavy atom. The quantitative estimate of drug-likeness (QED) is 0.615. The SMILES string of the molecule is CC(CN)S(=O)(=O)Nc1ncc[nH]1. The summed E-state index contributed by atoms with van der Waals surface area (Å²) in [5.74, 6) is 0.209. The monoisotopic (exact) mass is 204 g/mol. The first-order chi connectivity index (χ1) is 6.06. The molecule has 1 unspecified atom stereocenters. The molecule has 0 bridgehead atoms. The Hall–Kier alpha value is -1.08. The molecule has 7 heteroatoms. The van der Waals surface area contributed by atoms with E-state index in [1.807, 2.05) is 0 Å². The van der Waals surface area contributed by atoms with Crippen LogP contribution in [0.4, 0.5) is 5.95 Å². The lowest BCUT2D eigenvalue weighted by atomic mass is 10.5. The van der Waals surface area contributed by atoms with Crippen LogP contribution < -0.4 is 10.5 Å². The van der Waals surface area contributed by atoms with Crippen molar-refractivity contribution < 1.29 is 8.42 Å². The number of aromatic nitrogens is 2. The van der Waals surface area contributed by atoms with Gasteiger partial charge in [0.25, 0.3) is 0 Å². The first-order valence-corrected chi connectivity index (χ1v) is 5.32. The Balaban J connectivity index is 2.74. The minimum absolute atomic E-state index is 0.0794. The highest BCUT2D eigenvalue weighted by Gasteiger charge is 2.19. The van der Waals surface area contributed by atoms with Crippen molar-refractivity contribution >= 4 is 16.0 Å². The van der Waals surface area contributed by atoms with Crippen LogP contribution in [-0.4, -0.2) is 30.2 Å². The van der Waals surface area contributed by atoms with E-state index >= 15 is 0 Å². The Labute approximate surface area is 76.6 Å². The van der Waals surface area contributed by atoms with Crippen LogP contribution in [0.3, 0.4) is 0 Å². The number of anilines is 1. The molecule has 13 heavy (non-hydrogen) atoms. The van der Waals surface area contributed by atoms with Crippen LogP contribution in [0.5, 0.6) is 0 Å². The summed E-state index contributed by atoms with van der Waals surface area (Å²) in [6, 6.07) is 0. The molecular formula is C6H12N4O2S. The number of rotatable bonds is 4. The van der Waals surface area contributed by atoms with Crippen molar-refractivity contribution in [3.8, 4) is 0 Å². The number of hydrogen-bond acceptors (Lipinski definition) is 4. The van der Waals surface area contributed by atoms with E-state index in [-0.39, 0.29) is 12.5 Å². The van der Waals surface area contributed by atoms with Crippen LogP contribution in [0, 0.1) is 0 Å². The highest BCUT2D eigenvalue weighted by molar-refractivity contribution is 7.93. The third kappa shape index (κ3) is 2.43. The van der Waals surface area contributed by atoms with Gasteiger partial charge in [0.15, 0.2) is 0 Å². The lowest BCUT2D eigenvalue weighted by molar-refractivity contribution is 0.589. The first kappa shape index (κ1) is 10.0. The Morgan fingerprint density at radius 2 is 2.46 bits per heavy atom. The molecular weight excluding hydrogens is 192 g/mol. The summed E-state index contributed by atoms with van der Waals surface area (Å²) in [5, 5.41) is -0.627. The first-order valence-electron chi connectivity index (χ1n) is 3.77. The van der Waals surface area contributed by atoms with E-state index in [1.54, 1.807) is 0 Å². The molecule has 0 saturated heterocycles. The van der Waals surface area contributed by atoms with Crippen molar-refractivity contribution in [2.24, 2.45) is 5.73 Å². The zero-order chi connectivity index (χ0) is 9.90. The number of aromatic amines is 1. The van der Waals surface area contributed by atoms with Crippen LogP contribution in [0.1, 0.15) is 6.92 Å². The lowest BCUT2D eigenvalue weighted by Crippen LogP contribution is -2.31. The number of sulfonamides is 1. The second kappa shape index (κ2) is 3.75. The number of nitrogens with two attached hydrogens (primary N) is 1. The molecule has 0 spiro atoms. The van der Waals surface area contributed by atoms with Crippen LogP contribution in [-0.2, 0) is 10.0 Å². The van der Waals surface area contributed by atoms with E-state index in [0.717, 1.165) is 0 Å². The molecule has 1 atom stereocenters. The second-order valence-corrected chi connectivity index (χ2v) is 4.73. The number of nitrogens with one attached hydrogen (secondary N) is 2. The van der Waals surface area contributed by atoms with Crippen molar-refractivity contribution in [3.63, 3.8) is 0 Å². The highest BCUT2D eigenvalue weighted by Crippen LogP contribution is 2.04. The van der Waals surface area contributed by atoms with Crippen LogP contribution in [0.2, 0.25) is 0 Å². The number of nitrogens with zero attached hydrogens (tertiary/aromatic N) is 1. The summed E-state index contributed by atoms with van der Waals surface area (Å²) in [6.07, 6.45) is 3.00. The fourth-order valence-corrected chi connectivity index (χ4v) is 1.52. The van der Waals surface area contributed by atoms with Gasteiger partial charge in [-0.1, -0.05) is 0 Å². The standard InChI is InChI=1S/C6H12N4O2S/c1-5(4-7)13(11,12)10-6-8-2-3-9-6/h2-3,5H,4,7H2,1H3,(H2,8,9,10). The van der Waals surface area contributed by atoms with Gasteiger partial charge in [0.2, 0.25) is 16.0 Å². The van der Waals surface area contributed by atoms with E-state index in [4.69, 9.17) is 5.73 Å². The fourth-order valence-electron chi connectivity index (χ4n) is 0.683. The summed E-state index contributed by atoms with van der Waals surface area (Å²) in [5.41, 5.74) is 5.24. The third-order valence-corrected chi connectivity index (χ3v) is 3.33. The third-order valence-electron chi connectivity index (χ3n) is 1.60. The molecule has 1 aromatic rings. The van der Waals surface area contributed by atoms with Crippen molar-refractivity contribution in [3.05, 3.63) is 12.4 Å². The van der Waals surface area contributed by atoms with Gasteiger partial charge >= 0.3 is 0 Å². The summed E-state index contributed by atoms with van der Waals surface area (Å²) < 4.78 is 25.0. The number of imidazole rings is 1. The molecule has 0 amide bonds. The maximum atomic E-state index is 11.4. The molecule has 0 aliphatic heterocycles. The van der Waals surface area contributed by atoms with E-state index < -0.39 is 15.3 Å². The second-order valence-electron chi connectivity index (χ2n) is 2.63. The minimum Gasteiger partial charge on any atom is -0.330 e. The summed E-state index contributed by atoms with van der Waals surface area (Å²) in [7, 11) is -3.40. The summed E-state index contributed by atoms with van der Waals surface area (Å²) in [4.78, 5) is 6.36. The highest BCUT2D eigenvalue weighted by atomic mass is 32.2. The molecule has 6 nitrogen and oxygen atoms in total. The van der Waals surface area contributed by atoms with Gasteiger partial charge in [-0.15, -0.1) is 0 Å². The van der Waals surface area contributed by atoms with Gasteiger partial charge < -0.3 is 10.7 Å². The number of H-pyrrole nitrogens is 1. The minimum atomic E-state index is -3.40. The molecule has 0 aliphatic carbocycles. The maximum Gasteiger partial charge on any atom is 0.238 e. The summed E-state index contributed by atoms with van der Waals surface area (Å²) in [6.45, 7) is 1.61. The Kier molecular flexibility index (Phi) is 2.89. The van der Waals surface area contributed by atoms with Gasteiger partial charge in [0.1, 0.15) is 0 Å². The van der Waals surface area contributed by atoms with Gasteiger partial charge in [-0.3, -0.25) is 4.72 Å². The molecule has 1 rings (SSSR count). The van der Waals surface area contributed by atoms with Crippen molar-refractivity contribution in [1.82, 2.24) is 9.97 Å². The molecule has 0 fully saturated rings. The number of hydrogen-bond donors (Lipinski definition) is 3. The Bertz CT molecular complexity index is 345. The summed E-state index contributed by atoms with van der Waals surface area (Å²) >= 11 is 0. The van der Waals surface area contributed by atoms with Crippen molar-refractivity contribution in [2.75, 3.05) is 11.3 Å². The predicted octanol–water partition coefficient (Wildman–Crippen LogP) is -0.501. The maximum absolute atomic E-state index is 11.4. The van der Waals surface area contributed by atoms with Gasteiger partial charge in [-0.05, 0) is 6.92 Å². The predicted molar refractivity (Wildman–Crippen MR) is 49.6 cm³/mol. The van der Waals surface area contributed by atoms with Gasteiger partial charge in [-0.25, -0.2) is 13.4 Å². The lowest BCUT2D eigenvalue weighted by Gasteiger charge is -2.10. The smallest absolute Gasteiger partial charge is 0.238 e. The Morgan fingerprint density at radius 3 is 2.92 bits per heavy atom. The van der Waals surface area contributed by atoms with Gasteiger partial charge in [-0.2, -0.15) is 0 Å². The van der Waals surface area contributed by atoms with E-state index in [1.165, 1.54) is 19.3 Å². The van der Waals surface area contributed by atoms with Crippen molar-refractivity contribution in [1.29, 1.82) is 0 Å². The van der Waals surface area contributed by atoms with Gasteiger partial charge in [0.05, 0.1) is 5.25 Å². The van der Waals surface area contributed by atoms with Crippen LogP contribution in [0.25, 0.3) is 0 Å². The molecule has 0 aliphatic rings. The average molecular weight is 204 g/mol. The molecule has 4 N–H and O–H groups in total. The van der Waals surface area contributed by atoms with Crippen molar-refractivity contribution in [2.45, 2.75) is 12.2 Å². The molecule has 74 valence electrons. The van der Waals surface area contributed by atoms with E-state index in [9.17, 15) is 8.42 Å². The molecule has 1 aromatic heterocycles. The largest absolute Gasteiger partial charge is 0.330 e. The van der Waals surface area contributed by atoms with E-state index in [2.05, 4.69) is 14.7 Å². The average Bonchev–Trinajstić information content (AvgIpc) is 2.54. The van der Waals surface area contributed by atoms with E-state index in [0.29, 0.717) is 0 Å². The fraction of sp³-hybridized carbons (Fsp3) is 0.500. The molecule has 0 aromatic carbocycles. The molecule has 0 saturated carbocycles. The molecule has 1 heterocycles. The zero-order valence-corrected chi connectivity index (χ0v) is 8.00. The van der Waals surface area contributed by atoms with Crippen LogP contribution in [0.15, 0.2) is 12.4 Å².